The molecule has 0 fully saturated rings. The maximum absolute atomic E-state index is 12.1. The normalized spacial score (nSPS) is 11.8. The van der Waals surface area contributed by atoms with Crippen molar-refractivity contribution in [2.45, 2.75) is 188 Å². The highest BCUT2D eigenvalue weighted by molar-refractivity contribution is 5.80. The third-order valence-electron chi connectivity index (χ3n) is 7.76. The predicted octanol–water partition coefficient (Wildman–Crippen LogP) is 10.7. The first kappa shape index (κ1) is 32.5. The van der Waals surface area contributed by atoms with E-state index in [0.717, 1.165) is 25.7 Å². The molecule has 0 aliphatic rings. The molecule has 0 aliphatic carbocycles. The lowest BCUT2D eigenvalue weighted by Gasteiger charge is -2.26. The van der Waals surface area contributed by atoms with Gasteiger partial charge in [0.1, 0.15) is 0 Å². The number of carbonyl (C=O) groups excluding carboxylic acids is 1. The summed E-state index contributed by atoms with van der Waals surface area (Å²) >= 11 is 0. The van der Waals surface area contributed by atoms with Crippen LogP contribution in [0.3, 0.4) is 0 Å². The Hall–Kier alpha value is -0.530. The minimum Gasteiger partial charge on any atom is -0.369 e. The Balaban J connectivity index is 3.59. The van der Waals surface area contributed by atoms with Gasteiger partial charge in [0.05, 0.1) is 0 Å². The molecule has 0 saturated heterocycles. The van der Waals surface area contributed by atoms with E-state index in [0.29, 0.717) is 0 Å². The van der Waals surface area contributed by atoms with Crippen molar-refractivity contribution in [2.75, 3.05) is 0 Å². The minimum absolute atomic E-state index is 0.0753. The Morgan fingerprint density at radius 3 is 0.879 bits per heavy atom. The van der Waals surface area contributed by atoms with Crippen LogP contribution < -0.4 is 5.73 Å². The lowest BCUT2D eigenvalue weighted by Crippen LogP contribution is -2.34. The van der Waals surface area contributed by atoms with Gasteiger partial charge in [-0.15, -0.1) is 0 Å². The van der Waals surface area contributed by atoms with Crippen LogP contribution >= 0.6 is 0 Å². The smallest absolute Gasteiger partial charge is 0.223 e. The first-order valence-corrected chi connectivity index (χ1v) is 15.4. The van der Waals surface area contributed by atoms with Gasteiger partial charge in [0, 0.05) is 5.41 Å². The molecule has 0 radical (unpaired) electrons. The Labute approximate surface area is 209 Å². The number of nitrogens with two attached hydrogens (primary N) is 1. The average molecular weight is 466 g/mol. The highest BCUT2D eigenvalue weighted by Gasteiger charge is 2.29. The van der Waals surface area contributed by atoms with Crippen LogP contribution in [0.2, 0.25) is 0 Å². The van der Waals surface area contributed by atoms with E-state index in [1.807, 2.05) is 0 Å². The second-order valence-electron chi connectivity index (χ2n) is 11.2. The van der Waals surface area contributed by atoms with E-state index in [1.165, 1.54) is 141 Å². The van der Waals surface area contributed by atoms with Crippen molar-refractivity contribution < 1.29 is 4.79 Å². The zero-order valence-corrected chi connectivity index (χ0v) is 23.4. The largest absolute Gasteiger partial charge is 0.369 e. The van der Waals surface area contributed by atoms with Gasteiger partial charge in [0.2, 0.25) is 5.91 Å². The molecular formula is C31H63NO. The molecule has 2 N–H and O–H groups in total. The summed E-state index contributed by atoms with van der Waals surface area (Å²) in [5.41, 5.74) is 5.53. The van der Waals surface area contributed by atoms with Crippen LogP contribution in [0.25, 0.3) is 0 Å². The molecule has 0 rings (SSSR count). The van der Waals surface area contributed by atoms with Crippen LogP contribution in [0.4, 0.5) is 0 Å². The van der Waals surface area contributed by atoms with E-state index < -0.39 is 0 Å². The van der Waals surface area contributed by atoms with Crippen LogP contribution in [0, 0.1) is 5.41 Å². The fraction of sp³-hybridized carbons (Fsp3) is 0.968. The van der Waals surface area contributed by atoms with Crippen LogP contribution in [0.1, 0.15) is 188 Å². The summed E-state index contributed by atoms with van der Waals surface area (Å²) in [5, 5.41) is 0. The van der Waals surface area contributed by atoms with Gasteiger partial charge in [-0.25, -0.2) is 0 Å². The standard InChI is InChI=1S/C31H63NO/c1-4-6-8-10-12-14-16-18-20-22-24-26-28-31(3,30(32)33)29-27-25-23-21-19-17-15-13-11-9-7-5-2/h4-29H2,1-3H3,(H2,32,33). The summed E-state index contributed by atoms with van der Waals surface area (Å²) in [4.78, 5) is 12.1. The lowest BCUT2D eigenvalue weighted by atomic mass is 9.79. The molecule has 0 aliphatic heterocycles. The molecule has 33 heavy (non-hydrogen) atoms. The van der Waals surface area contributed by atoms with E-state index in [-0.39, 0.29) is 11.3 Å². The summed E-state index contributed by atoms with van der Waals surface area (Å²) in [5.74, 6) is -0.0753. The van der Waals surface area contributed by atoms with Crippen molar-refractivity contribution in [1.29, 1.82) is 0 Å². The fourth-order valence-corrected chi connectivity index (χ4v) is 5.08. The van der Waals surface area contributed by atoms with E-state index in [1.54, 1.807) is 0 Å². The molecule has 0 heterocycles. The number of hydrogen-bond donors (Lipinski definition) is 1. The topological polar surface area (TPSA) is 43.1 Å². The minimum atomic E-state index is -0.281. The lowest BCUT2D eigenvalue weighted by molar-refractivity contribution is -0.127. The number of carbonyl (C=O) groups is 1. The van der Waals surface area contributed by atoms with Gasteiger partial charge in [0.15, 0.2) is 0 Å². The van der Waals surface area contributed by atoms with Crippen LogP contribution in [0.15, 0.2) is 0 Å². The zero-order chi connectivity index (χ0) is 24.5. The van der Waals surface area contributed by atoms with Gasteiger partial charge in [-0.3, -0.25) is 4.79 Å². The highest BCUT2D eigenvalue weighted by atomic mass is 16.1. The SMILES string of the molecule is CCCCCCCCCCCCCCC(C)(CCCCCCCCCCCCCC)C(N)=O. The summed E-state index contributed by atoms with van der Waals surface area (Å²) < 4.78 is 0. The molecule has 0 unspecified atom stereocenters. The van der Waals surface area contributed by atoms with Gasteiger partial charge in [0.25, 0.3) is 0 Å². The molecule has 0 aromatic rings. The number of unbranched alkanes of at least 4 members (excludes halogenated alkanes) is 22. The van der Waals surface area contributed by atoms with Crippen LogP contribution in [-0.4, -0.2) is 5.91 Å². The molecule has 0 saturated carbocycles. The molecule has 2 nitrogen and oxygen atoms in total. The highest BCUT2D eigenvalue weighted by Crippen LogP contribution is 2.31. The monoisotopic (exact) mass is 465 g/mol. The third kappa shape index (κ3) is 21.7. The molecule has 0 spiro atoms. The Morgan fingerprint density at radius 1 is 0.455 bits per heavy atom. The first-order chi connectivity index (χ1) is 16.1. The predicted molar refractivity (Wildman–Crippen MR) is 149 cm³/mol. The molecule has 0 atom stereocenters. The van der Waals surface area contributed by atoms with Gasteiger partial charge < -0.3 is 5.73 Å². The van der Waals surface area contributed by atoms with Crippen molar-refractivity contribution in [3.63, 3.8) is 0 Å². The Bertz CT molecular complexity index is 378. The Kier molecular flexibility index (Phi) is 24.2. The second kappa shape index (κ2) is 24.6. The Morgan fingerprint density at radius 2 is 0.667 bits per heavy atom. The summed E-state index contributed by atoms with van der Waals surface area (Å²) in [7, 11) is 0. The fourth-order valence-electron chi connectivity index (χ4n) is 5.08. The molecule has 198 valence electrons. The molecule has 2 heteroatoms. The summed E-state index contributed by atoms with van der Waals surface area (Å²) in [6.45, 7) is 6.68. The number of primary amides is 1. The quantitative estimate of drug-likeness (QED) is 0.120. The van der Waals surface area contributed by atoms with Crippen molar-refractivity contribution >= 4 is 5.91 Å². The zero-order valence-electron chi connectivity index (χ0n) is 23.4. The average Bonchev–Trinajstić information content (AvgIpc) is 2.80. The number of amides is 1. The number of rotatable bonds is 27. The molecule has 0 bridgehead atoms. The maximum atomic E-state index is 12.1. The van der Waals surface area contributed by atoms with Gasteiger partial charge in [-0.05, 0) is 12.8 Å². The van der Waals surface area contributed by atoms with Gasteiger partial charge in [-0.2, -0.15) is 0 Å². The van der Waals surface area contributed by atoms with Crippen molar-refractivity contribution in [1.82, 2.24) is 0 Å². The van der Waals surface area contributed by atoms with E-state index in [4.69, 9.17) is 5.73 Å². The molecule has 0 aromatic heterocycles. The van der Waals surface area contributed by atoms with Gasteiger partial charge in [-0.1, -0.05) is 175 Å². The maximum Gasteiger partial charge on any atom is 0.223 e. The van der Waals surface area contributed by atoms with E-state index in [9.17, 15) is 4.79 Å². The van der Waals surface area contributed by atoms with Crippen molar-refractivity contribution in [3.8, 4) is 0 Å². The van der Waals surface area contributed by atoms with E-state index >= 15 is 0 Å². The first-order valence-electron chi connectivity index (χ1n) is 15.4. The molecule has 0 aromatic carbocycles. The summed E-state index contributed by atoms with van der Waals surface area (Å²) in [6, 6.07) is 0. The van der Waals surface area contributed by atoms with Crippen LogP contribution in [-0.2, 0) is 4.79 Å². The third-order valence-corrected chi connectivity index (χ3v) is 7.76. The van der Waals surface area contributed by atoms with Crippen molar-refractivity contribution in [3.05, 3.63) is 0 Å². The van der Waals surface area contributed by atoms with Gasteiger partial charge >= 0.3 is 0 Å². The second-order valence-corrected chi connectivity index (χ2v) is 11.2. The molecular weight excluding hydrogens is 402 g/mol. The molecule has 1 amide bonds. The van der Waals surface area contributed by atoms with Crippen molar-refractivity contribution in [2.24, 2.45) is 11.1 Å². The van der Waals surface area contributed by atoms with Crippen LogP contribution in [0.5, 0.6) is 0 Å². The number of hydrogen-bond acceptors (Lipinski definition) is 1. The summed E-state index contributed by atoms with van der Waals surface area (Å²) in [6.07, 6.45) is 34.7. The van der Waals surface area contributed by atoms with E-state index in [2.05, 4.69) is 20.8 Å².